The number of benzene rings is 1. The van der Waals surface area contributed by atoms with Crippen molar-refractivity contribution < 1.29 is 0 Å². The Hall–Kier alpha value is -1.49. The molecule has 4 nitrogen and oxygen atoms in total. The van der Waals surface area contributed by atoms with E-state index in [4.69, 9.17) is 0 Å². The molecule has 0 spiro atoms. The fourth-order valence-corrected chi connectivity index (χ4v) is 2.70. The van der Waals surface area contributed by atoms with E-state index in [1.54, 1.807) is 11.8 Å². The lowest BCUT2D eigenvalue weighted by Gasteiger charge is -2.23. The van der Waals surface area contributed by atoms with Crippen LogP contribution in [0.4, 0.5) is 5.69 Å². The molecule has 5 heteroatoms. The molecule has 78 valence electrons. The molecule has 1 unspecified atom stereocenters. The van der Waals surface area contributed by atoms with Gasteiger partial charge < -0.3 is 4.90 Å². The van der Waals surface area contributed by atoms with Gasteiger partial charge in [-0.1, -0.05) is 30.0 Å². The fraction of sp³-hybridized carbons (Fsp3) is 0.200. The molecule has 1 aromatic rings. The molecular weight excluding hydrogens is 210 g/mol. The molecule has 1 N–H and O–H groups in total. The summed E-state index contributed by atoms with van der Waals surface area (Å²) in [5.41, 5.74) is 3.52. The monoisotopic (exact) mass is 221 g/mol. The molecule has 1 atom stereocenters. The first kappa shape index (κ1) is 10.0. The van der Waals surface area contributed by atoms with Gasteiger partial charge in [0.25, 0.3) is 0 Å². The van der Waals surface area contributed by atoms with Gasteiger partial charge in [-0.3, -0.25) is 0 Å². The van der Waals surface area contributed by atoms with Gasteiger partial charge in [-0.25, -0.2) is 5.43 Å². The molecule has 0 saturated heterocycles. The molecule has 1 aromatic carbocycles. The van der Waals surface area contributed by atoms with Crippen molar-refractivity contribution in [2.24, 2.45) is 5.29 Å². The molecular formula is C10H11N3OS. The molecule has 0 aromatic heterocycles. The van der Waals surface area contributed by atoms with Gasteiger partial charge in [0.05, 0.1) is 11.0 Å². The Morgan fingerprint density at radius 2 is 2.40 bits per heavy atom. The molecule has 0 aliphatic carbocycles. The summed E-state index contributed by atoms with van der Waals surface area (Å²) < 4.78 is 0. The van der Waals surface area contributed by atoms with Crippen LogP contribution in [-0.2, 0) is 0 Å². The summed E-state index contributed by atoms with van der Waals surface area (Å²) in [5.74, 6) is 0. The first-order valence-corrected chi connectivity index (χ1v) is 5.46. The number of rotatable bonds is 4. The summed E-state index contributed by atoms with van der Waals surface area (Å²) >= 11 is 1.58. The molecule has 0 amide bonds. The van der Waals surface area contributed by atoms with E-state index in [9.17, 15) is 4.91 Å². The van der Waals surface area contributed by atoms with Gasteiger partial charge in [0.15, 0.2) is 5.50 Å². The second-order valence-corrected chi connectivity index (χ2v) is 4.22. The van der Waals surface area contributed by atoms with E-state index in [0.29, 0.717) is 6.54 Å². The van der Waals surface area contributed by atoms with Gasteiger partial charge in [0.2, 0.25) is 0 Å². The summed E-state index contributed by atoms with van der Waals surface area (Å²) in [6.07, 6.45) is 1.81. The fourth-order valence-electron chi connectivity index (χ4n) is 1.58. The average Bonchev–Trinajstić information content (AvgIpc) is 2.59. The van der Waals surface area contributed by atoms with Crippen LogP contribution >= 0.6 is 11.8 Å². The van der Waals surface area contributed by atoms with E-state index in [0.717, 1.165) is 10.6 Å². The average molecular weight is 221 g/mol. The maximum atomic E-state index is 10.2. The van der Waals surface area contributed by atoms with E-state index in [1.807, 2.05) is 30.3 Å². The van der Waals surface area contributed by atoms with E-state index in [-0.39, 0.29) is 5.50 Å². The summed E-state index contributed by atoms with van der Waals surface area (Å²) in [4.78, 5) is 13.4. The molecule has 0 saturated carbocycles. The number of hydrogen-bond acceptors (Lipinski definition) is 4. The van der Waals surface area contributed by atoms with Crippen LogP contribution in [0.15, 0.2) is 47.1 Å². The van der Waals surface area contributed by atoms with Crippen LogP contribution in [0, 0.1) is 4.91 Å². The van der Waals surface area contributed by atoms with Crippen LogP contribution in [0.3, 0.4) is 0 Å². The predicted octanol–water partition coefficient (Wildman–Crippen LogP) is 2.34. The number of nitroso groups, excluding NO2 is 1. The summed E-state index contributed by atoms with van der Waals surface area (Å²) in [5, 5.41) is 2.74. The number of nitrogens with one attached hydrogen (secondary N) is 1. The number of thioether (sulfide) groups is 1. The highest BCUT2D eigenvalue weighted by molar-refractivity contribution is 8.00. The predicted molar refractivity (Wildman–Crippen MR) is 62.6 cm³/mol. The van der Waals surface area contributed by atoms with Gasteiger partial charge in [-0.05, 0) is 12.1 Å². The van der Waals surface area contributed by atoms with Gasteiger partial charge in [0, 0.05) is 11.4 Å². The molecule has 1 heterocycles. The summed E-state index contributed by atoms with van der Waals surface area (Å²) in [6, 6.07) is 8.02. The van der Waals surface area contributed by atoms with Crippen molar-refractivity contribution in [2.75, 3.05) is 11.4 Å². The Kier molecular flexibility index (Phi) is 2.91. The zero-order chi connectivity index (χ0) is 10.7. The Balaban J connectivity index is 2.28. The maximum absolute atomic E-state index is 10.2. The third-order valence-corrected chi connectivity index (χ3v) is 3.37. The van der Waals surface area contributed by atoms with E-state index in [2.05, 4.69) is 22.2 Å². The van der Waals surface area contributed by atoms with E-state index < -0.39 is 0 Å². The Morgan fingerprint density at radius 3 is 3.13 bits per heavy atom. The number of fused-ring (bicyclic) bond motifs is 1. The minimum absolute atomic E-state index is 0.127. The Bertz CT molecular complexity index is 383. The minimum atomic E-state index is -0.127. The van der Waals surface area contributed by atoms with Crippen molar-refractivity contribution in [3.63, 3.8) is 0 Å². The highest BCUT2D eigenvalue weighted by Gasteiger charge is 2.28. The van der Waals surface area contributed by atoms with Crippen molar-refractivity contribution in [3.05, 3.63) is 41.8 Å². The summed E-state index contributed by atoms with van der Waals surface area (Å²) in [7, 11) is 0. The number of nitrogens with zero attached hydrogens (tertiary/aromatic N) is 2. The zero-order valence-electron chi connectivity index (χ0n) is 8.09. The highest BCUT2D eigenvalue weighted by atomic mass is 32.2. The van der Waals surface area contributed by atoms with Crippen molar-refractivity contribution in [3.8, 4) is 0 Å². The van der Waals surface area contributed by atoms with Gasteiger partial charge in [-0.2, -0.15) is 0 Å². The van der Waals surface area contributed by atoms with E-state index in [1.165, 1.54) is 0 Å². The third kappa shape index (κ3) is 1.83. The summed E-state index contributed by atoms with van der Waals surface area (Å²) in [6.45, 7) is 4.40. The van der Waals surface area contributed by atoms with Crippen LogP contribution in [0.5, 0.6) is 0 Å². The van der Waals surface area contributed by atoms with Gasteiger partial charge >= 0.3 is 0 Å². The normalized spacial score (nSPS) is 18.4. The van der Waals surface area contributed by atoms with Crippen molar-refractivity contribution in [1.29, 1.82) is 0 Å². The van der Waals surface area contributed by atoms with Crippen molar-refractivity contribution in [1.82, 2.24) is 5.43 Å². The quantitative estimate of drug-likeness (QED) is 0.481. The second-order valence-electron chi connectivity index (χ2n) is 3.10. The Morgan fingerprint density at radius 1 is 1.60 bits per heavy atom. The van der Waals surface area contributed by atoms with Gasteiger partial charge in [0.1, 0.15) is 0 Å². The van der Waals surface area contributed by atoms with Crippen molar-refractivity contribution >= 4 is 17.4 Å². The first-order valence-electron chi connectivity index (χ1n) is 4.58. The van der Waals surface area contributed by atoms with Crippen molar-refractivity contribution in [2.45, 2.75) is 10.4 Å². The zero-order valence-corrected chi connectivity index (χ0v) is 8.91. The van der Waals surface area contributed by atoms with Crippen LogP contribution in [0.25, 0.3) is 0 Å². The standard InChI is InChI=1S/C10H11N3OS/c1-2-7-13-8-5-3-4-6-9(8)15-10(13)11-12-14/h2-6,10H,1,7H2,(H,11,14). The molecule has 0 radical (unpaired) electrons. The molecule has 0 bridgehead atoms. The maximum Gasteiger partial charge on any atom is 0.171 e. The molecule has 1 aliphatic heterocycles. The van der Waals surface area contributed by atoms with Crippen LogP contribution in [0.1, 0.15) is 0 Å². The second kappa shape index (κ2) is 4.35. The first-order chi connectivity index (χ1) is 7.36. The smallest absolute Gasteiger partial charge is 0.171 e. The lowest BCUT2D eigenvalue weighted by Crippen LogP contribution is -2.38. The van der Waals surface area contributed by atoms with Crippen LogP contribution < -0.4 is 10.3 Å². The molecule has 2 rings (SSSR count). The molecule has 1 aliphatic rings. The van der Waals surface area contributed by atoms with Crippen LogP contribution in [-0.4, -0.2) is 12.0 Å². The highest BCUT2D eigenvalue weighted by Crippen LogP contribution is 2.41. The van der Waals surface area contributed by atoms with Crippen LogP contribution in [0.2, 0.25) is 0 Å². The number of hydrogen-bond donors (Lipinski definition) is 1. The molecule has 0 fully saturated rings. The largest absolute Gasteiger partial charge is 0.337 e. The Labute approximate surface area is 92.3 Å². The lowest BCUT2D eigenvalue weighted by atomic mass is 10.3. The van der Waals surface area contributed by atoms with E-state index >= 15 is 0 Å². The topological polar surface area (TPSA) is 44.7 Å². The number of anilines is 1. The lowest BCUT2D eigenvalue weighted by molar-refractivity contribution is 0.659. The minimum Gasteiger partial charge on any atom is -0.337 e. The third-order valence-electron chi connectivity index (χ3n) is 2.19. The number of para-hydroxylation sites is 1. The molecule has 15 heavy (non-hydrogen) atoms. The SMILES string of the molecule is C=CCN1c2ccccc2SC1NN=O. The van der Waals surface area contributed by atoms with Gasteiger partial charge in [-0.15, -0.1) is 11.5 Å².